The van der Waals surface area contributed by atoms with Crippen molar-refractivity contribution in [1.29, 1.82) is 0 Å². The number of likely N-dealkylation sites (tertiary alicyclic amines) is 1. The van der Waals surface area contributed by atoms with Crippen molar-refractivity contribution in [3.05, 3.63) is 35.9 Å². The van der Waals surface area contributed by atoms with Gasteiger partial charge in [0.15, 0.2) is 0 Å². The van der Waals surface area contributed by atoms with Crippen molar-refractivity contribution in [3.8, 4) is 0 Å². The van der Waals surface area contributed by atoms with Crippen LogP contribution in [0.4, 0.5) is 4.79 Å². The van der Waals surface area contributed by atoms with E-state index in [4.69, 9.17) is 4.74 Å². The Morgan fingerprint density at radius 1 is 1.42 bits per heavy atom. The van der Waals surface area contributed by atoms with Crippen molar-refractivity contribution in [2.45, 2.75) is 19.4 Å². The molecule has 19 heavy (non-hydrogen) atoms. The highest BCUT2D eigenvalue weighted by molar-refractivity contribution is 5.67. The lowest BCUT2D eigenvalue weighted by Gasteiger charge is -2.11. The van der Waals surface area contributed by atoms with E-state index in [1.54, 1.807) is 0 Å². The molecule has 1 aromatic carbocycles. The normalized spacial score (nSPS) is 19.3. The lowest BCUT2D eigenvalue weighted by atomic mass is 10.1. The Hall–Kier alpha value is -1.55. The number of carbonyl (C=O) groups is 1. The predicted molar refractivity (Wildman–Crippen MR) is 74.9 cm³/mol. The maximum Gasteiger partial charge on any atom is 0.407 e. The molecule has 0 bridgehead atoms. The molecule has 0 aromatic heterocycles. The van der Waals surface area contributed by atoms with Crippen LogP contribution in [0.15, 0.2) is 30.3 Å². The fourth-order valence-electron chi connectivity index (χ4n) is 2.41. The van der Waals surface area contributed by atoms with Crippen molar-refractivity contribution < 1.29 is 9.53 Å². The van der Waals surface area contributed by atoms with Crippen LogP contribution in [0.1, 0.15) is 18.4 Å². The molecule has 0 aliphatic carbocycles. The van der Waals surface area contributed by atoms with E-state index in [2.05, 4.69) is 17.3 Å². The predicted octanol–water partition coefficient (Wildman–Crippen LogP) is 2.25. The SMILES string of the molecule is CN1CC[C@H](CCNC(=O)OCc2ccccc2)C1. The molecule has 0 unspecified atom stereocenters. The summed E-state index contributed by atoms with van der Waals surface area (Å²) >= 11 is 0. The van der Waals surface area contributed by atoms with E-state index in [9.17, 15) is 4.79 Å². The first-order valence-corrected chi connectivity index (χ1v) is 6.87. The Morgan fingerprint density at radius 3 is 2.89 bits per heavy atom. The summed E-state index contributed by atoms with van der Waals surface area (Å²) in [5, 5.41) is 2.81. The van der Waals surface area contributed by atoms with Gasteiger partial charge in [0.1, 0.15) is 6.61 Å². The molecule has 1 amide bonds. The Kier molecular flexibility index (Phi) is 5.21. The third-order valence-electron chi connectivity index (χ3n) is 3.52. The van der Waals surface area contributed by atoms with Crippen LogP contribution < -0.4 is 5.32 Å². The van der Waals surface area contributed by atoms with Gasteiger partial charge in [0, 0.05) is 13.1 Å². The van der Waals surface area contributed by atoms with Gasteiger partial charge in [0.05, 0.1) is 0 Å². The summed E-state index contributed by atoms with van der Waals surface area (Å²) in [6, 6.07) is 9.71. The molecule has 1 N–H and O–H groups in total. The average Bonchev–Trinajstić information content (AvgIpc) is 2.83. The number of hydrogen-bond donors (Lipinski definition) is 1. The van der Waals surface area contributed by atoms with Gasteiger partial charge in [-0.05, 0) is 37.9 Å². The quantitative estimate of drug-likeness (QED) is 0.885. The molecular formula is C15H22N2O2. The van der Waals surface area contributed by atoms with Gasteiger partial charge >= 0.3 is 6.09 Å². The molecule has 0 radical (unpaired) electrons. The van der Waals surface area contributed by atoms with E-state index in [-0.39, 0.29) is 6.09 Å². The van der Waals surface area contributed by atoms with Crippen LogP contribution in [-0.4, -0.2) is 37.7 Å². The first-order valence-electron chi connectivity index (χ1n) is 6.87. The number of nitrogens with zero attached hydrogens (tertiary/aromatic N) is 1. The zero-order valence-corrected chi connectivity index (χ0v) is 11.5. The minimum atomic E-state index is -0.324. The van der Waals surface area contributed by atoms with E-state index in [1.807, 2.05) is 30.3 Å². The second-order valence-electron chi connectivity index (χ2n) is 5.19. The summed E-state index contributed by atoms with van der Waals surface area (Å²) in [7, 11) is 2.14. The molecular weight excluding hydrogens is 240 g/mol. The van der Waals surface area contributed by atoms with Crippen LogP contribution in [0, 0.1) is 5.92 Å². The molecule has 0 saturated carbocycles. The molecule has 1 saturated heterocycles. The smallest absolute Gasteiger partial charge is 0.407 e. The van der Waals surface area contributed by atoms with Crippen LogP contribution in [0.5, 0.6) is 0 Å². The number of alkyl carbamates (subject to hydrolysis) is 1. The van der Waals surface area contributed by atoms with Crippen molar-refractivity contribution >= 4 is 6.09 Å². The summed E-state index contributed by atoms with van der Waals surface area (Å²) < 4.78 is 5.15. The average molecular weight is 262 g/mol. The van der Waals surface area contributed by atoms with Gasteiger partial charge in [-0.3, -0.25) is 0 Å². The van der Waals surface area contributed by atoms with Gasteiger partial charge in [-0.1, -0.05) is 30.3 Å². The molecule has 2 rings (SSSR count). The lowest BCUT2D eigenvalue weighted by molar-refractivity contribution is 0.139. The molecule has 104 valence electrons. The summed E-state index contributed by atoms with van der Waals surface area (Å²) in [5.41, 5.74) is 1.01. The Labute approximate surface area is 114 Å². The first kappa shape index (κ1) is 13.9. The van der Waals surface area contributed by atoms with E-state index in [0.29, 0.717) is 19.1 Å². The molecule has 1 aliphatic heterocycles. The summed E-state index contributed by atoms with van der Waals surface area (Å²) in [6.45, 7) is 3.34. The molecule has 1 atom stereocenters. The zero-order valence-electron chi connectivity index (χ0n) is 11.5. The number of benzene rings is 1. The number of rotatable bonds is 5. The van der Waals surface area contributed by atoms with E-state index >= 15 is 0 Å². The van der Waals surface area contributed by atoms with Crippen molar-refractivity contribution in [2.24, 2.45) is 5.92 Å². The maximum absolute atomic E-state index is 11.5. The third kappa shape index (κ3) is 4.91. The number of ether oxygens (including phenoxy) is 1. The maximum atomic E-state index is 11.5. The lowest BCUT2D eigenvalue weighted by Crippen LogP contribution is -2.27. The van der Waals surface area contributed by atoms with Crippen molar-refractivity contribution in [3.63, 3.8) is 0 Å². The monoisotopic (exact) mass is 262 g/mol. The van der Waals surface area contributed by atoms with Crippen LogP contribution in [-0.2, 0) is 11.3 Å². The Morgan fingerprint density at radius 2 is 2.21 bits per heavy atom. The Bertz CT molecular complexity index is 394. The minimum Gasteiger partial charge on any atom is -0.445 e. The van der Waals surface area contributed by atoms with Gasteiger partial charge in [-0.25, -0.2) is 4.79 Å². The highest BCUT2D eigenvalue weighted by Gasteiger charge is 2.18. The molecule has 4 nitrogen and oxygen atoms in total. The highest BCUT2D eigenvalue weighted by atomic mass is 16.5. The van der Waals surface area contributed by atoms with Gasteiger partial charge < -0.3 is 15.0 Å². The second kappa shape index (κ2) is 7.14. The van der Waals surface area contributed by atoms with Gasteiger partial charge in [0.2, 0.25) is 0 Å². The number of amides is 1. The van der Waals surface area contributed by atoms with E-state index < -0.39 is 0 Å². The van der Waals surface area contributed by atoms with E-state index in [1.165, 1.54) is 13.0 Å². The summed E-state index contributed by atoms with van der Waals surface area (Å²) in [6.07, 6.45) is 1.94. The van der Waals surface area contributed by atoms with Gasteiger partial charge in [0.25, 0.3) is 0 Å². The molecule has 0 spiro atoms. The van der Waals surface area contributed by atoms with E-state index in [0.717, 1.165) is 18.5 Å². The minimum absolute atomic E-state index is 0.324. The topological polar surface area (TPSA) is 41.6 Å². The Balaban J connectivity index is 1.57. The summed E-state index contributed by atoms with van der Waals surface area (Å²) in [5.74, 6) is 0.708. The second-order valence-corrected chi connectivity index (χ2v) is 5.19. The largest absolute Gasteiger partial charge is 0.445 e. The fourth-order valence-corrected chi connectivity index (χ4v) is 2.41. The van der Waals surface area contributed by atoms with Crippen LogP contribution >= 0.6 is 0 Å². The summed E-state index contributed by atoms with van der Waals surface area (Å²) in [4.78, 5) is 13.8. The molecule has 1 heterocycles. The van der Waals surface area contributed by atoms with Crippen LogP contribution in [0.2, 0.25) is 0 Å². The number of hydrogen-bond acceptors (Lipinski definition) is 3. The zero-order chi connectivity index (χ0) is 13.5. The first-order chi connectivity index (χ1) is 9.24. The fraction of sp³-hybridized carbons (Fsp3) is 0.533. The standard InChI is InChI=1S/C15H22N2O2/c1-17-10-8-13(11-17)7-9-16-15(18)19-12-14-5-3-2-4-6-14/h2-6,13H,7-12H2,1H3,(H,16,18)/t13-/m0/s1. The number of carbonyl (C=O) groups excluding carboxylic acids is 1. The van der Waals surface area contributed by atoms with Crippen molar-refractivity contribution in [2.75, 3.05) is 26.7 Å². The molecule has 1 aliphatic rings. The molecule has 1 fully saturated rings. The van der Waals surface area contributed by atoms with Gasteiger partial charge in [-0.15, -0.1) is 0 Å². The number of nitrogens with one attached hydrogen (secondary N) is 1. The highest BCUT2D eigenvalue weighted by Crippen LogP contribution is 2.16. The molecule has 1 aromatic rings. The van der Waals surface area contributed by atoms with Gasteiger partial charge in [-0.2, -0.15) is 0 Å². The van der Waals surface area contributed by atoms with Crippen LogP contribution in [0.3, 0.4) is 0 Å². The third-order valence-corrected chi connectivity index (χ3v) is 3.52. The van der Waals surface area contributed by atoms with Crippen molar-refractivity contribution in [1.82, 2.24) is 10.2 Å². The molecule has 4 heteroatoms. The van der Waals surface area contributed by atoms with Crippen LogP contribution in [0.25, 0.3) is 0 Å².